The maximum Gasteiger partial charge on any atom is 0.294 e. The second-order valence-electron chi connectivity index (χ2n) is 8.29. The molecule has 184 valence electrons. The summed E-state index contributed by atoms with van der Waals surface area (Å²) in [7, 11) is 0. The molecule has 1 fully saturated rings. The van der Waals surface area contributed by atoms with Crippen LogP contribution in [0, 0.1) is 13.8 Å². The number of halogens is 2. The Hall–Kier alpha value is -3.26. The van der Waals surface area contributed by atoms with Crippen LogP contribution in [-0.4, -0.2) is 28.5 Å². The van der Waals surface area contributed by atoms with Crippen LogP contribution in [0.4, 0.5) is 10.5 Å². The van der Waals surface area contributed by atoms with Crippen LogP contribution >= 0.6 is 35.0 Å². The Bertz CT molecular complexity index is 1370. The lowest BCUT2D eigenvalue weighted by atomic mass is 10.1. The number of imide groups is 1. The largest absolute Gasteiger partial charge is 0.488 e. The van der Waals surface area contributed by atoms with Crippen molar-refractivity contribution in [1.29, 1.82) is 0 Å². The highest BCUT2D eigenvalue weighted by molar-refractivity contribution is 8.18. The summed E-state index contributed by atoms with van der Waals surface area (Å²) in [5.74, 6) is -0.531. The van der Waals surface area contributed by atoms with E-state index in [1.54, 1.807) is 36.4 Å². The van der Waals surface area contributed by atoms with Crippen LogP contribution in [0.2, 0.25) is 10.0 Å². The van der Waals surface area contributed by atoms with E-state index in [1.165, 1.54) is 0 Å². The summed E-state index contributed by atoms with van der Waals surface area (Å²) in [5, 5.41) is 3.27. The molecule has 1 aliphatic rings. The van der Waals surface area contributed by atoms with Crippen molar-refractivity contribution >= 4 is 63.8 Å². The molecule has 0 bridgehead atoms. The predicted octanol–water partition coefficient (Wildman–Crippen LogP) is 6.86. The number of benzene rings is 3. The molecule has 0 unspecified atom stereocenters. The van der Waals surface area contributed by atoms with Crippen molar-refractivity contribution in [2.45, 2.75) is 20.5 Å². The third-order valence-corrected chi connectivity index (χ3v) is 6.60. The lowest BCUT2D eigenvalue weighted by molar-refractivity contribution is -0.127. The summed E-state index contributed by atoms with van der Waals surface area (Å²) in [6.07, 6.45) is 1.55. The summed E-state index contributed by atoms with van der Waals surface area (Å²) in [6.45, 7) is 3.71. The fourth-order valence-corrected chi connectivity index (χ4v) is 4.94. The standard InChI is InChI=1S/C27H22Cl2N2O4S/c1-16-8-17(2)10-22(9-16)30-25(32)14-31-26(33)24(36-27(31)34)13-19-12-21(29)6-7-23(19)35-15-18-4-3-5-20(28)11-18/h3-13H,14-15H2,1-2H3,(H,30,32)/b24-13+. The van der Waals surface area contributed by atoms with Crippen LogP contribution < -0.4 is 10.1 Å². The lowest BCUT2D eigenvalue weighted by Gasteiger charge is -2.13. The van der Waals surface area contributed by atoms with E-state index in [-0.39, 0.29) is 18.1 Å². The molecule has 0 atom stereocenters. The van der Waals surface area contributed by atoms with Crippen LogP contribution in [0.25, 0.3) is 6.08 Å². The van der Waals surface area contributed by atoms with E-state index >= 15 is 0 Å². The van der Waals surface area contributed by atoms with Gasteiger partial charge in [0.1, 0.15) is 18.9 Å². The molecule has 1 heterocycles. The van der Waals surface area contributed by atoms with Crippen molar-refractivity contribution in [3.05, 3.63) is 97.9 Å². The topological polar surface area (TPSA) is 75.7 Å². The molecule has 6 nitrogen and oxygen atoms in total. The maximum atomic E-state index is 13.0. The Balaban J connectivity index is 1.48. The van der Waals surface area contributed by atoms with E-state index in [2.05, 4.69) is 5.32 Å². The van der Waals surface area contributed by atoms with E-state index in [0.29, 0.717) is 27.0 Å². The van der Waals surface area contributed by atoms with Gasteiger partial charge in [-0.25, -0.2) is 0 Å². The number of anilines is 1. The lowest BCUT2D eigenvalue weighted by Crippen LogP contribution is -2.36. The quantitative estimate of drug-likeness (QED) is 0.331. The van der Waals surface area contributed by atoms with Crippen LogP contribution in [0.5, 0.6) is 5.75 Å². The van der Waals surface area contributed by atoms with Gasteiger partial charge in [-0.2, -0.15) is 0 Å². The van der Waals surface area contributed by atoms with Gasteiger partial charge in [0.2, 0.25) is 5.91 Å². The minimum absolute atomic E-state index is 0.175. The molecule has 0 radical (unpaired) electrons. The zero-order valence-electron chi connectivity index (χ0n) is 19.5. The van der Waals surface area contributed by atoms with Crippen LogP contribution in [0.15, 0.2) is 65.6 Å². The zero-order valence-corrected chi connectivity index (χ0v) is 21.8. The van der Waals surface area contributed by atoms with Crippen molar-refractivity contribution in [3.63, 3.8) is 0 Å². The molecule has 1 N–H and O–H groups in total. The van der Waals surface area contributed by atoms with E-state index in [0.717, 1.165) is 33.4 Å². The monoisotopic (exact) mass is 540 g/mol. The maximum absolute atomic E-state index is 13.0. The highest BCUT2D eigenvalue weighted by atomic mass is 35.5. The van der Waals surface area contributed by atoms with Gasteiger partial charge in [-0.15, -0.1) is 0 Å². The number of thioether (sulfide) groups is 1. The van der Waals surface area contributed by atoms with Gasteiger partial charge < -0.3 is 10.1 Å². The number of aryl methyl sites for hydroxylation is 2. The minimum atomic E-state index is -0.554. The molecule has 9 heteroatoms. The number of carbonyl (C=O) groups is 3. The smallest absolute Gasteiger partial charge is 0.294 e. The van der Waals surface area contributed by atoms with Gasteiger partial charge in [0, 0.05) is 21.3 Å². The van der Waals surface area contributed by atoms with Crippen LogP contribution in [0.1, 0.15) is 22.3 Å². The first-order valence-electron chi connectivity index (χ1n) is 11.0. The van der Waals surface area contributed by atoms with Crippen molar-refractivity contribution in [2.24, 2.45) is 0 Å². The molecule has 36 heavy (non-hydrogen) atoms. The Kier molecular flexibility index (Phi) is 8.04. The molecule has 3 amide bonds. The van der Waals surface area contributed by atoms with Crippen molar-refractivity contribution in [1.82, 2.24) is 4.90 Å². The Labute approximate surface area is 223 Å². The number of nitrogens with zero attached hydrogens (tertiary/aromatic N) is 1. The van der Waals surface area contributed by atoms with E-state index in [9.17, 15) is 14.4 Å². The molecule has 0 aliphatic carbocycles. The molecule has 4 rings (SSSR count). The number of ether oxygens (including phenoxy) is 1. The van der Waals surface area contributed by atoms with Gasteiger partial charge in [0.05, 0.1) is 4.91 Å². The van der Waals surface area contributed by atoms with Gasteiger partial charge >= 0.3 is 0 Å². The van der Waals surface area contributed by atoms with Gasteiger partial charge in [-0.1, -0.05) is 41.4 Å². The SMILES string of the molecule is Cc1cc(C)cc(NC(=O)CN2C(=O)S/C(=C/c3cc(Cl)ccc3OCc3cccc(Cl)c3)C2=O)c1. The second-order valence-corrected chi connectivity index (χ2v) is 10.2. The molecule has 0 aromatic heterocycles. The normalized spacial score (nSPS) is 14.4. The predicted molar refractivity (Wildman–Crippen MR) is 144 cm³/mol. The molecule has 0 saturated carbocycles. The first-order valence-corrected chi connectivity index (χ1v) is 12.6. The molecule has 1 aliphatic heterocycles. The average Bonchev–Trinajstić information content (AvgIpc) is 3.05. The Morgan fingerprint density at radius 2 is 1.72 bits per heavy atom. The van der Waals surface area contributed by atoms with Crippen molar-refractivity contribution in [2.75, 3.05) is 11.9 Å². The molecule has 0 spiro atoms. The third-order valence-electron chi connectivity index (χ3n) is 5.22. The molecule has 3 aromatic rings. The van der Waals surface area contributed by atoms with Gasteiger partial charge in [0.15, 0.2) is 0 Å². The highest BCUT2D eigenvalue weighted by Gasteiger charge is 2.36. The van der Waals surface area contributed by atoms with E-state index in [4.69, 9.17) is 27.9 Å². The van der Waals surface area contributed by atoms with Crippen LogP contribution in [-0.2, 0) is 16.2 Å². The highest BCUT2D eigenvalue weighted by Crippen LogP contribution is 2.35. The first-order chi connectivity index (χ1) is 17.2. The molecule has 3 aromatic carbocycles. The summed E-state index contributed by atoms with van der Waals surface area (Å²) in [4.78, 5) is 39.2. The van der Waals surface area contributed by atoms with Gasteiger partial charge in [-0.05, 0) is 90.8 Å². The number of amides is 3. The first kappa shape index (κ1) is 25.8. The fraction of sp³-hybridized carbons (Fsp3) is 0.148. The Morgan fingerprint density at radius 1 is 1.00 bits per heavy atom. The number of hydrogen-bond acceptors (Lipinski definition) is 5. The molecule has 1 saturated heterocycles. The number of rotatable bonds is 7. The molecular formula is C27H22Cl2N2O4S. The average molecular weight is 541 g/mol. The van der Waals surface area contributed by atoms with Crippen molar-refractivity contribution < 1.29 is 19.1 Å². The van der Waals surface area contributed by atoms with Gasteiger partial charge in [-0.3, -0.25) is 19.3 Å². The fourth-order valence-electron chi connectivity index (χ4n) is 3.72. The summed E-state index contributed by atoms with van der Waals surface area (Å²) >= 11 is 13.0. The summed E-state index contributed by atoms with van der Waals surface area (Å²) < 4.78 is 5.94. The number of hydrogen-bond donors (Lipinski definition) is 1. The second kappa shape index (κ2) is 11.2. The molecular weight excluding hydrogens is 519 g/mol. The zero-order chi connectivity index (χ0) is 25.8. The van der Waals surface area contributed by atoms with Gasteiger partial charge in [0.25, 0.3) is 11.1 Å². The third kappa shape index (κ3) is 6.49. The number of carbonyl (C=O) groups excluding carboxylic acids is 3. The van der Waals surface area contributed by atoms with E-state index in [1.807, 2.05) is 44.2 Å². The Morgan fingerprint density at radius 3 is 2.44 bits per heavy atom. The minimum Gasteiger partial charge on any atom is -0.488 e. The number of nitrogens with one attached hydrogen (secondary N) is 1. The van der Waals surface area contributed by atoms with Crippen molar-refractivity contribution in [3.8, 4) is 5.75 Å². The van der Waals surface area contributed by atoms with E-state index < -0.39 is 17.1 Å². The summed E-state index contributed by atoms with van der Waals surface area (Å²) in [5.41, 5.74) is 4.01. The summed E-state index contributed by atoms with van der Waals surface area (Å²) in [6, 6.07) is 17.9. The van der Waals surface area contributed by atoms with Crippen LogP contribution in [0.3, 0.4) is 0 Å².